The van der Waals surface area contributed by atoms with Gasteiger partial charge in [0.05, 0.1) is 5.41 Å². The number of rotatable bonds is 7. The van der Waals surface area contributed by atoms with Crippen LogP contribution >= 0.6 is 12.4 Å². The van der Waals surface area contributed by atoms with Crippen molar-refractivity contribution in [3.63, 3.8) is 0 Å². The van der Waals surface area contributed by atoms with Gasteiger partial charge in [-0.3, -0.25) is 9.69 Å². The lowest BCUT2D eigenvalue weighted by Gasteiger charge is -2.31. The molecule has 4 heteroatoms. The summed E-state index contributed by atoms with van der Waals surface area (Å²) >= 11 is 0. The average molecular weight is 354 g/mol. The smallest absolute Gasteiger partial charge is 0.316 e. The monoisotopic (exact) mass is 353 g/mol. The fourth-order valence-electron chi connectivity index (χ4n) is 3.84. The van der Waals surface area contributed by atoms with Crippen LogP contribution in [0.4, 0.5) is 0 Å². The summed E-state index contributed by atoms with van der Waals surface area (Å²) in [6, 6.07) is 11.1. The van der Waals surface area contributed by atoms with Crippen LogP contribution in [0.25, 0.3) is 0 Å². The molecular weight excluding hydrogens is 322 g/mol. The van der Waals surface area contributed by atoms with Crippen LogP contribution < -0.4 is 0 Å². The average Bonchev–Trinajstić information content (AvgIpc) is 3.02. The second-order valence-corrected chi connectivity index (χ2v) is 7.22. The zero-order chi connectivity index (χ0) is 16.9. The van der Waals surface area contributed by atoms with Crippen molar-refractivity contribution < 1.29 is 9.53 Å². The van der Waals surface area contributed by atoms with Crippen LogP contribution in [-0.2, 0) is 14.9 Å². The van der Waals surface area contributed by atoms with Crippen molar-refractivity contribution in [3.05, 3.63) is 35.9 Å². The molecule has 0 spiro atoms. The van der Waals surface area contributed by atoms with Crippen molar-refractivity contribution in [2.45, 2.75) is 70.9 Å². The van der Waals surface area contributed by atoms with E-state index < -0.39 is 5.41 Å². The minimum atomic E-state index is -0.415. The van der Waals surface area contributed by atoms with E-state index in [4.69, 9.17) is 4.74 Å². The first-order valence-electron chi connectivity index (χ1n) is 8.96. The predicted octanol–water partition coefficient (Wildman–Crippen LogP) is 4.58. The number of hydrogen-bond acceptors (Lipinski definition) is 3. The van der Waals surface area contributed by atoms with Crippen LogP contribution in [0.15, 0.2) is 30.3 Å². The molecule has 1 aliphatic carbocycles. The van der Waals surface area contributed by atoms with Gasteiger partial charge in [-0.15, -0.1) is 12.4 Å². The summed E-state index contributed by atoms with van der Waals surface area (Å²) in [5.74, 6) is -0.0336. The molecule has 0 amide bonds. The van der Waals surface area contributed by atoms with Crippen LogP contribution in [0.5, 0.6) is 0 Å². The molecule has 0 heterocycles. The zero-order valence-corrected chi connectivity index (χ0v) is 16.3. The van der Waals surface area contributed by atoms with Gasteiger partial charge >= 0.3 is 5.97 Å². The van der Waals surface area contributed by atoms with E-state index in [2.05, 4.69) is 44.7 Å². The van der Waals surface area contributed by atoms with Crippen LogP contribution in [-0.4, -0.2) is 36.1 Å². The molecule has 0 atom stereocenters. The number of hydrogen-bond donors (Lipinski definition) is 0. The van der Waals surface area contributed by atoms with Crippen molar-refractivity contribution in [1.82, 2.24) is 4.90 Å². The molecule has 1 aromatic carbocycles. The third kappa shape index (κ3) is 4.73. The molecule has 24 heavy (non-hydrogen) atoms. The molecule has 0 radical (unpaired) electrons. The molecule has 3 nitrogen and oxygen atoms in total. The number of carbonyl (C=O) groups is 1. The van der Waals surface area contributed by atoms with E-state index in [1.54, 1.807) is 0 Å². The highest BCUT2D eigenvalue weighted by atomic mass is 35.5. The van der Waals surface area contributed by atoms with Crippen molar-refractivity contribution in [1.29, 1.82) is 0 Å². The van der Waals surface area contributed by atoms with Gasteiger partial charge < -0.3 is 4.74 Å². The van der Waals surface area contributed by atoms with E-state index in [1.807, 2.05) is 18.2 Å². The maximum Gasteiger partial charge on any atom is 0.316 e. The Morgan fingerprint density at radius 2 is 1.62 bits per heavy atom. The molecule has 0 aliphatic heterocycles. The Morgan fingerprint density at radius 1 is 1.08 bits per heavy atom. The lowest BCUT2D eigenvalue weighted by Crippen LogP contribution is -2.41. The van der Waals surface area contributed by atoms with E-state index in [-0.39, 0.29) is 18.4 Å². The fraction of sp³-hybridized carbons (Fsp3) is 0.650. The highest BCUT2D eigenvalue weighted by Crippen LogP contribution is 2.42. The number of nitrogens with zero attached hydrogens (tertiary/aromatic N) is 1. The number of benzene rings is 1. The van der Waals surface area contributed by atoms with Gasteiger partial charge in [-0.05, 0) is 46.1 Å². The van der Waals surface area contributed by atoms with Crippen molar-refractivity contribution >= 4 is 18.4 Å². The second-order valence-electron chi connectivity index (χ2n) is 7.22. The molecule has 0 saturated heterocycles. The number of halogens is 1. The summed E-state index contributed by atoms with van der Waals surface area (Å²) in [6.07, 6.45) is 4.03. The first-order valence-corrected chi connectivity index (χ1v) is 8.96. The zero-order valence-electron chi connectivity index (χ0n) is 15.5. The Kier molecular flexibility index (Phi) is 8.24. The van der Waals surface area contributed by atoms with Crippen molar-refractivity contribution in [2.75, 3.05) is 13.2 Å². The van der Waals surface area contributed by atoms with Gasteiger partial charge in [0.25, 0.3) is 0 Å². The molecule has 1 saturated carbocycles. The summed E-state index contributed by atoms with van der Waals surface area (Å²) in [5, 5.41) is 0. The third-order valence-electron chi connectivity index (χ3n) is 5.08. The Balaban J connectivity index is 0.00000288. The fourth-order valence-corrected chi connectivity index (χ4v) is 3.84. The van der Waals surface area contributed by atoms with Gasteiger partial charge in [0.15, 0.2) is 0 Å². The molecule has 1 fully saturated rings. The Morgan fingerprint density at radius 3 is 2.12 bits per heavy atom. The SMILES string of the molecule is CC(C)N(CCOC(=O)C1(c2ccccc2)CCCC1)C(C)C.Cl. The van der Waals surface area contributed by atoms with Crippen molar-refractivity contribution in [2.24, 2.45) is 0 Å². The molecule has 1 aromatic rings. The first-order chi connectivity index (χ1) is 11.0. The van der Waals surface area contributed by atoms with E-state index in [9.17, 15) is 4.79 Å². The maximum atomic E-state index is 12.8. The Bertz CT molecular complexity index is 488. The van der Waals surface area contributed by atoms with Gasteiger partial charge in [0.1, 0.15) is 6.61 Å². The lowest BCUT2D eigenvalue weighted by atomic mass is 9.79. The molecule has 136 valence electrons. The van der Waals surface area contributed by atoms with Gasteiger partial charge in [-0.25, -0.2) is 0 Å². The molecule has 0 aromatic heterocycles. The van der Waals surface area contributed by atoms with Gasteiger partial charge in [0.2, 0.25) is 0 Å². The van der Waals surface area contributed by atoms with Crippen LogP contribution in [0, 0.1) is 0 Å². The highest BCUT2D eigenvalue weighted by molar-refractivity contribution is 5.85. The normalized spacial score (nSPS) is 16.5. The third-order valence-corrected chi connectivity index (χ3v) is 5.08. The van der Waals surface area contributed by atoms with Crippen LogP contribution in [0.1, 0.15) is 58.9 Å². The van der Waals surface area contributed by atoms with Gasteiger partial charge in [-0.1, -0.05) is 43.2 Å². The Hall–Kier alpha value is -1.06. The summed E-state index contributed by atoms with van der Waals surface area (Å²) in [6.45, 7) is 10.0. The molecule has 0 N–H and O–H groups in total. The largest absolute Gasteiger partial charge is 0.464 e. The highest BCUT2D eigenvalue weighted by Gasteiger charge is 2.44. The van der Waals surface area contributed by atoms with Crippen molar-refractivity contribution in [3.8, 4) is 0 Å². The minimum Gasteiger partial charge on any atom is -0.464 e. The molecule has 1 aliphatic rings. The standard InChI is InChI=1S/C20H31NO2.ClH/c1-16(2)21(17(3)4)14-15-23-19(22)20(12-8-9-13-20)18-10-6-5-7-11-18;/h5-7,10-11,16-17H,8-9,12-15H2,1-4H3;1H. The van der Waals surface area contributed by atoms with E-state index >= 15 is 0 Å². The number of ether oxygens (including phenoxy) is 1. The summed E-state index contributed by atoms with van der Waals surface area (Å²) in [4.78, 5) is 15.2. The van der Waals surface area contributed by atoms with E-state index in [0.29, 0.717) is 18.7 Å². The summed E-state index contributed by atoms with van der Waals surface area (Å²) in [7, 11) is 0. The van der Waals surface area contributed by atoms with Crippen LogP contribution in [0.2, 0.25) is 0 Å². The molecule has 2 rings (SSSR count). The van der Waals surface area contributed by atoms with E-state index in [0.717, 1.165) is 37.8 Å². The molecule has 0 bridgehead atoms. The first kappa shape index (κ1) is 21.0. The maximum absolute atomic E-state index is 12.8. The molecular formula is C20H32ClNO2. The van der Waals surface area contributed by atoms with Crippen LogP contribution in [0.3, 0.4) is 0 Å². The van der Waals surface area contributed by atoms with Gasteiger partial charge in [-0.2, -0.15) is 0 Å². The number of carbonyl (C=O) groups excluding carboxylic acids is 1. The number of esters is 1. The van der Waals surface area contributed by atoms with E-state index in [1.165, 1.54) is 0 Å². The summed E-state index contributed by atoms with van der Waals surface area (Å²) < 4.78 is 5.73. The predicted molar refractivity (Wildman–Crippen MR) is 102 cm³/mol. The van der Waals surface area contributed by atoms with Gasteiger partial charge in [0, 0.05) is 18.6 Å². The minimum absolute atomic E-state index is 0. The lowest BCUT2D eigenvalue weighted by molar-refractivity contribution is -0.151. The Labute approximate surface area is 153 Å². The summed E-state index contributed by atoms with van der Waals surface area (Å²) in [5.41, 5.74) is 0.703. The molecule has 0 unspecified atom stereocenters. The second kappa shape index (κ2) is 9.43. The quantitative estimate of drug-likeness (QED) is 0.672. The topological polar surface area (TPSA) is 29.5 Å².